The lowest BCUT2D eigenvalue weighted by molar-refractivity contribution is -0.130. The molecule has 0 aromatic heterocycles. The Balaban J connectivity index is 2.03. The third-order valence-corrected chi connectivity index (χ3v) is 3.83. The molecular weight excluding hydrogens is 270 g/mol. The molecule has 1 aromatic carbocycles. The van der Waals surface area contributed by atoms with Crippen molar-refractivity contribution < 1.29 is 19.4 Å². The van der Waals surface area contributed by atoms with E-state index in [-0.39, 0.29) is 17.9 Å². The minimum absolute atomic E-state index is 0.0295. The molecule has 0 spiro atoms. The number of likely N-dealkylation sites (N-methyl/N-ethyl adjacent to an activating group) is 1. The van der Waals surface area contributed by atoms with Crippen molar-refractivity contribution in [1.82, 2.24) is 4.90 Å². The fourth-order valence-corrected chi connectivity index (χ4v) is 2.60. The first-order valence-electron chi connectivity index (χ1n) is 7.28. The number of benzene rings is 1. The number of hydrogen-bond acceptors (Lipinski definition) is 3. The lowest BCUT2D eigenvalue weighted by atomic mass is 10.0. The van der Waals surface area contributed by atoms with Crippen molar-refractivity contribution in [2.24, 2.45) is 5.92 Å². The van der Waals surface area contributed by atoms with E-state index in [0.717, 1.165) is 13.0 Å². The summed E-state index contributed by atoms with van der Waals surface area (Å²) in [5.41, 5.74) is 0.766. The van der Waals surface area contributed by atoms with E-state index in [1.807, 2.05) is 6.92 Å². The maximum atomic E-state index is 12.4. The van der Waals surface area contributed by atoms with Crippen LogP contribution < -0.4 is 0 Å². The number of carboxylic acids is 1. The highest BCUT2D eigenvalue weighted by Gasteiger charge is 2.22. The summed E-state index contributed by atoms with van der Waals surface area (Å²) in [6.07, 6.45) is 1.11. The van der Waals surface area contributed by atoms with Crippen LogP contribution in [-0.4, -0.2) is 48.2 Å². The predicted octanol–water partition coefficient (Wildman–Crippen LogP) is 1.81. The number of aromatic carboxylic acids is 1. The van der Waals surface area contributed by atoms with Crippen LogP contribution in [0.4, 0.5) is 0 Å². The molecule has 5 heteroatoms. The van der Waals surface area contributed by atoms with Crippen LogP contribution in [0.15, 0.2) is 24.3 Å². The van der Waals surface area contributed by atoms with E-state index < -0.39 is 5.97 Å². The summed E-state index contributed by atoms with van der Waals surface area (Å²) < 4.78 is 5.34. The van der Waals surface area contributed by atoms with Crippen molar-refractivity contribution in [2.45, 2.75) is 19.8 Å². The van der Waals surface area contributed by atoms with E-state index in [0.29, 0.717) is 31.2 Å². The number of ether oxygens (including phenoxy) is 1. The summed E-state index contributed by atoms with van der Waals surface area (Å²) in [6, 6.07) is 6.67. The molecule has 1 amide bonds. The number of carboxylic acid groups (broad SMARTS) is 1. The van der Waals surface area contributed by atoms with E-state index in [9.17, 15) is 9.59 Å². The fourth-order valence-electron chi connectivity index (χ4n) is 2.60. The monoisotopic (exact) mass is 291 g/mol. The largest absolute Gasteiger partial charge is 0.478 e. The Kier molecular flexibility index (Phi) is 5.33. The van der Waals surface area contributed by atoms with Crippen molar-refractivity contribution in [3.05, 3.63) is 35.4 Å². The lowest BCUT2D eigenvalue weighted by Crippen LogP contribution is -2.36. The Morgan fingerprint density at radius 1 is 1.38 bits per heavy atom. The van der Waals surface area contributed by atoms with Gasteiger partial charge in [-0.05, 0) is 25.0 Å². The molecule has 1 aliphatic heterocycles. The zero-order valence-corrected chi connectivity index (χ0v) is 12.2. The minimum atomic E-state index is -0.995. The second-order valence-electron chi connectivity index (χ2n) is 5.30. The molecule has 1 aromatic rings. The lowest BCUT2D eigenvalue weighted by Gasteiger charge is -2.24. The maximum Gasteiger partial charge on any atom is 0.335 e. The quantitative estimate of drug-likeness (QED) is 0.868. The van der Waals surface area contributed by atoms with Crippen LogP contribution in [0.3, 0.4) is 0 Å². The van der Waals surface area contributed by atoms with Crippen molar-refractivity contribution in [3.8, 4) is 0 Å². The Bertz CT molecular complexity index is 509. The first-order valence-corrected chi connectivity index (χ1v) is 7.28. The summed E-state index contributed by atoms with van der Waals surface area (Å²) in [5.74, 6) is -0.632. The van der Waals surface area contributed by atoms with E-state index in [1.54, 1.807) is 23.1 Å². The van der Waals surface area contributed by atoms with Gasteiger partial charge >= 0.3 is 5.97 Å². The number of amides is 1. The van der Waals surface area contributed by atoms with Gasteiger partial charge in [-0.2, -0.15) is 0 Å². The smallest absolute Gasteiger partial charge is 0.335 e. The molecule has 1 fully saturated rings. The summed E-state index contributed by atoms with van der Waals surface area (Å²) >= 11 is 0. The number of hydrogen-bond donors (Lipinski definition) is 1. The number of carbonyl (C=O) groups is 2. The van der Waals surface area contributed by atoms with Crippen LogP contribution in [0.5, 0.6) is 0 Å². The van der Waals surface area contributed by atoms with Crippen LogP contribution >= 0.6 is 0 Å². The Labute approximate surface area is 124 Å². The first-order chi connectivity index (χ1) is 10.1. The summed E-state index contributed by atoms with van der Waals surface area (Å²) in [7, 11) is 0. The molecule has 114 valence electrons. The molecule has 21 heavy (non-hydrogen) atoms. The summed E-state index contributed by atoms with van der Waals surface area (Å²) in [4.78, 5) is 25.4. The Morgan fingerprint density at radius 2 is 2.14 bits per heavy atom. The zero-order valence-electron chi connectivity index (χ0n) is 12.2. The van der Waals surface area contributed by atoms with Gasteiger partial charge in [0.1, 0.15) is 0 Å². The van der Waals surface area contributed by atoms with Crippen molar-refractivity contribution >= 4 is 11.9 Å². The highest BCUT2D eigenvalue weighted by atomic mass is 16.5. The average molecular weight is 291 g/mol. The molecule has 0 radical (unpaired) electrons. The normalized spacial score (nSPS) is 17.7. The highest BCUT2D eigenvalue weighted by Crippen LogP contribution is 2.16. The molecule has 1 aliphatic rings. The molecule has 2 rings (SSSR count). The molecule has 0 aliphatic carbocycles. The van der Waals surface area contributed by atoms with Gasteiger partial charge < -0.3 is 14.7 Å². The minimum Gasteiger partial charge on any atom is -0.478 e. The molecule has 0 saturated carbocycles. The Morgan fingerprint density at radius 3 is 2.76 bits per heavy atom. The van der Waals surface area contributed by atoms with Gasteiger partial charge in [-0.15, -0.1) is 0 Å². The van der Waals surface area contributed by atoms with Crippen molar-refractivity contribution in [1.29, 1.82) is 0 Å². The number of rotatable bonds is 6. The number of carbonyl (C=O) groups excluding carboxylic acids is 1. The van der Waals surface area contributed by atoms with E-state index in [4.69, 9.17) is 9.84 Å². The van der Waals surface area contributed by atoms with Gasteiger partial charge in [0.2, 0.25) is 5.91 Å². The van der Waals surface area contributed by atoms with Gasteiger partial charge in [-0.1, -0.05) is 18.2 Å². The van der Waals surface area contributed by atoms with Gasteiger partial charge in [0.05, 0.1) is 18.6 Å². The topological polar surface area (TPSA) is 66.8 Å². The third-order valence-electron chi connectivity index (χ3n) is 3.83. The fraction of sp³-hybridized carbons (Fsp3) is 0.500. The second-order valence-corrected chi connectivity index (χ2v) is 5.30. The van der Waals surface area contributed by atoms with Gasteiger partial charge in [-0.25, -0.2) is 4.79 Å². The van der Waals surface area contributed by atoms with Crippen LogP contribution in [-0.2, 0) is 16.0 Å². The Hall–Kier alpha value is -1.88. The third kappa shape index (κ3) is 4.04. The standard InChI is InChI=1S/C16H21NO4/c1-2-17(10-12-7-8-21-11-12)15(18)9-13-5-3-4-6-14(13)16(19)20/h3-6,12H,2,7-11H2,1H3,(H,19,20). The summed E-state index contributed by atoms with van der Waals surface area (Å²) in [5, 5.41) is 9.16. The second kappa shape index (κ2) is 7.22. The maximum absolute atomic E-state index is 12.4. The molecule has 1 saturated heterocycles. The van der Waals surface area contributed by atoms with Gasteiger partial charge in [0.15, 0.2) is 0 Å². The predicted molar refractivity (Wildman–Crippen MR) is 78.3 cm³/mol. The van der Waals surface area contributed by atoms with Crippen LogP contribution in [0.1, 0.15) is 29.3 Å². The molecule has 1 heterocycles. The van der Waals surface area contributed by atoms with E-state index >= 15 is 0 Å². The van der Waals surface area contributed by atoms with Gasteiger partial charge in [0.25, 0.3) is 0 Å². The molecular formula is C16H21NO4. The van der Waals surface area contributed by atoms with E-state index in [1.165, 1.54) is 6.07 Å². The van der Waals surface area contributed by atoms with Crippen LogP contribution in [0.2, 0.25) is 0 Å². The first kappa shape index (κ1) is 15.5. The van der Waals surface area contributed by atoms with E-state index in [2.05, 4.69) is 0 Å². The van der Waals surface area contributed by atoms with Gasteiger partial charge in [-0.3, -0.25) is 4.79 Å². The average Bonchev–Trinajstić information content (AvgIpc) is 2.98. The van der Waals surface area contributed by atoms with Crippen LogP contribution in [0, 0.1) is 5.92 Å². The SMILES string of the molecule is CCN(CC1CCOC1)C(=O)Cc1ccccc1C(=O)O. The van der Waals surface area contributed by atoms with Gasteiger partial charge in [0, 0.05) is 25.6 Å². The van der Waals surface area contributed by atoms with Crippen molar-refractivity contribution in [3.63, 3.8) is 0 Å². The van der Waals surface area contributed by atoms with Crippen molar-refractivity contribution in [2.75, 3.05) is 26.3 Å². The number of nitrogens with zero attached hydrogens (tertiary/aromatic N) is 1. The molecule has 1 atom stereocenters. The molecule has 0 bridgehead atoms. The summed E-state index contributed by atoms with van der Waals surface area (Å²) in [6.45, 7) is 4.72. The van der Waals surface area contributed by atoms with Crippen LogP contribution in [0.25, 0.3) is 0 Å². The zero-order chi connectivity index (χ0) is 15.2. The highest BCUT2D eigenvalue weighted by molar-refractivity contribution is 5.91. The molecule has 1 unspecified atom stereocenters. The molecule has 5 nitrogen and oxygen atoms in total. The molecule has 1 N–H and O–H groups in total.